The van der Waals surface area contributed by atoms with Crippen LogP contribution in [0.15, 0.2) is 18.2 Å². The van der Waals surface area contributed by atoms with Gasteiger partial charge in [0.2, 0.25) is 0 Å². The van der Waals surface area contributed by atoms with Crippen molar-refractivity contribution in [1.82, 2.24) is 10.9 Å². The maximum atomic E-state index is 11.2. The van der Waals surface area contributed by atoms with E-state index < -0.39 is 10.8 Å². The van der Waals surface area contributed by atoms with Gasteiger partial charge in [0.1, 0.15) is 12.4 Å². The molecular formula is C11H14N4O5S. The first-order chi connectivity index (χ1) is 9.97. The number of nitro groups is 1. The van der Waals surface area contributed by atoms with E-state index in [9.17, 15) is 14.9 Å². The Labute approximate surface area is 125 Å². The Balaban J connectivity index is 2.67. The fourth-order valence-corrected chi connectivity index (χ4v) is 1.50. The van der Waals surface area contributed by atoms with Crippen molar-refractivity contribution in [3.8, 4) is 5.75 Å². The number of nitrogens with zero attached hydrogens (tertiary/aromatic N) is 1. The number of hydrazine groups is 1. The van der Waals surface area contributed by atoms with E-state index in [1.807, 2.05) is 0 Å². The molecule has 1 amide bonds. The molecule has 0 aliphatic heterocycles. The van der Waals surface area contributed by atoms with Crippen LogP contribution in [0.25, 0.3) is 0 Å². The summed E-state index contributed by atoms with van der Waals surface area (Å²) in [5.41, 5.74) is 5.07. The fourth-order valence-electron chi connectivity index (χ4n) is 1.34. The summed E-state index contributed by atoms with van der Waals surface area (Å²) in [5, 5.41) is 13.5. The number of rotatable bonds is 5. The van der Waals surface area contributed by atoms with Gasteiger partial charge >= 0.3 is 0 Å². The molecule has 0 atom stereocenters. The number of carbonyl (C=O) groups excluding carboxylic acids is 1. The van der Waals surface area contributed by atoms with Crippen molar-refractivity contribution in [3.63, 3.8) is 0 Å². The third kappa shape index (κ3) is 5.20. The maximum Gasteiger partial charge on any atom is 0.273 e. The largest absolute Gasteiger partial charge is 0.494 e. The number of nitro benzene ring substituents is 1. The van der Waals surface area contributed by atoms with Gasteiger partial charge in [0.25, 0.3) is 11.6 Å². The Kier molecular flexibility index (Phi) is 6.30. The van der Waals surface area contributed by atoms with Crippen LogP contribution in [-0.4, -0.2) is 36.8 Å². The molecule has 0 aliphatic rings. The Bertz CT molecular complexity index is 551. The molecule has 0 saturated carbocycles. The predicted octanol–water partition coefficient (Wildman–Crippen LogP) is 0.567. The highest BCUT2D eigenvalue weighted by atomic mass is 32.1. The number of thiocarbonyl (C=S) groups is 1. The zero-order valence-electron chi connectivity index (χ0n) is 11.3. The lowest BCUT2D eigenvalue weighted by atomic mass is 10.2. The number of nitrogens with one attached hydrogen (secondary N) is 3. The molecule has 0 bridgehead atoms. The Morgan fingerprint density at radius 1 is 1.38 bits per heavy atom. The normalized spacial score (nSPS) is 9.62. The number of ether oxygens (including phenoxy) is 2. The number of benzene rings is 1. The van der Waals surface area contributed by atoms with E-state index in [2.05, 4.69) is 20.9 Å². The summed E-state index contributed by atoms with van der Waals surface area (Å²) in [6.07, 6.45) is 0. The molecule has 0 aromatic heterocycles. The first-order valence-electron chi connectivity index (χ1n) is 5.65. The first kappa shape index (κ1) is 16.6. The monoisotopic (exact) mass is 314 g/mol. The maximum absolute atomic E-state index is 11.2. The Morgan fingerprint density at radius 2 is 2.10 bits per heavy atom. The average molecular weight is 314 g/mol. The molecule has 0 spiro atoms. The van der Waals surface area contributed by atoms with Crippen molar-refractivity contribution >= 4 is 34.6 Å². The molecule has 0 unspecified atom stereocenters. The van der Waals surface area contributed by atoms with Crippen molar-refractivity contribution < 1.29 is 19.2 Å². The summed E-state index contributed by atoms with van der Waals surface area (Å²) in [5.74, 6) is -0.158. The van der Waals surface area contributed by atoms with Gasteiger partial charge in [-0.15, -0.1) is 0 Å². The third-order valence-electron chi connectivity index (χ3n) is 2.24. The van der Waals surface area contributed by atoms with Crippen LogP contribution in [0.1, 0.15) is 0 Å². The summed E-state index contributed by atoms with van der Waals surface area (Å²) in [7, 11) is 2.76. The summed E-state index contributed by atoms with van der Waals surface area (Å²) in [6.45, 7) is -0.115. The molecule has 0 heterocycles. The van der Waals surface area contributed by atoms with Crippen LogP contribution in [0.4, 0.5) is 11.4 Å². The molecule has 0 saturated heterocycles. The van der Waals surface area contributed by atoms with E-state index >= 15 is 0 Å². The van der Waals surface area contributed by atoms with Crippen LogP contribution in [0, 0.1) is 10.1 Å². The van der Waals surface area contributed by atoms with Crippen molar-refractivity contribution in [3.05, 3.63) is 28.3 Å². The average Bonchev–Trinajstić information content (AvgIpc) is 2.45. The van der Waals surface area contributed by atoms with Crippen molar-refractivity contribution in [1.29, 1.82) is 0 Å². The molecule has 21 heavy (non-hydrogen) atoms. The van der Waals surface area contributed by atoms with Crippen LogP contribution in [0.3, 0.4) is 0 Å². The number of methoxy groups -OCH3 is 2. The minimum atomic E-state index is -0.534. The molecular weight excluding hydrogens is 300 g/mol. The molecule has 10 heteroatoms. The van der Waals surface area contributed by atoms with Crippen LogP contribution in [0.5, 0.6) is 5.75 Å². The third-order valence-corrected chi connectivity index (χ3v) is 2.44. The van der Waals surface area contributed by atoms with E-state index in [0.717, 1.165) is 0 Å². The lowest BCUT2D eigenvalue weighted by Gasteiger charge is -2.13. The van der Waals surface area contributed by atoms with Crippen LogP contribution in [0.2, 0.25) is 0 Å². The predicted molar refractivity (Wildman–Crippen MR) is 79.0 cm³/mol. The van der Waals surface area contributed by atoms with Gasteiger partial charge in [-0.1, -0.05) is 0 Å². The molecule has 1 aromatic rings. The van der Waals surface area contributed by atoms with E-state index in [0.29, 0.717) is 5.69 Å². The number of anilines is 1. The van der Waals surface area contributed by atoms with Crippen LogP contribution < -0.4 is 20.9 Å². The lowest BCUT2D eigenvalue weighted by Crippen LogP contribution is -2.45. The second-order valence-electron chi connectivity index (χ2n) is 3.70. The highest BCUT2D eigenvalue weighted by Crippen LogP contribution is 2.28. The van der Waals surface area contributed by atoms with Gasteiger partial charge in [-0.25, -0.2) is 0 Å². The van der Waals surface area contributed by atoms with Crippen molar-refractivity contribution in [2.45, 2.75) is 0 Å². The number of hydrogen-bond acceptors (Lipinski definition) is 6. The number of non-ortho nitro benzene ring substituents is 1. The molecule has 1 rings (SSSR count). The molecule has 0 aliphatic carbocycles. The SMILES string of the molecule is COCC(=O)NNC(=S)Nc1ccc([N+](=O)[O-])cc1OC. The minimum absolute atomic E-state index is 0.0895. The quantitative estimate of drug-likeness (QED) is 0.410. The topological polar surface area (TPSA) is 115 Å². The van der Waals surface area contributed by atoms with Crippen molar-refractivity contribution in [2.75, 3.05) is 26.1 Å². The molecule has 114 valence electrons. The van der Waals surface area contributed by atoms with Gasteiger partial charge in [0.05, 0.1) is 23.8 Å². The molecule has 3 N–H and O–H groups in total. The van der Waals surface area contributed by atoms with E-state index in [-0.39, 0.29) is 23.2 Å². The zero-order valence-corrected chi connectivity index (χ0v) is 12.2. The summed E-state index contributed by atoms with van der Waals surface area (Å²) in [6, 6.07) is 4.01. The smallest absolute Gasteiger partial charge is 0.273 e. The summed E-state index contributed by atoms with van der Waals surface area (Å²) < 4.78 is 9.67. The zero-order chi connectivity index (χ0) is 15.8. The first-order valence-corrected chi connectivity index (χ1v) is 6.06. The summed E-state index contributed by atoms with van der Waals surface area (Å²) in [4.78, 5) is 21.3. The van der Waals surface area contributed by atoms with Gasteiger partial charge in [-0.05, 0) is 18.3 Å². The molecule has 9 nitrogen and oxygen atoms in total. The highest BCUT2D eigenvalue weighted by Gasteiger charge is 2.12. The van der Waals surface area contributed by atoms with Crippen LogP contribution >= 0.6 is 12.2 Å². The number of carbonyl (C=O) groups is 1. The second kappa shape index (κ2) is 7.97. The highest BCUT2D eigenvalue weighted by molar-refractivity contribution is 7.80. The van der Waals surface area contributed by atoms with E-state index in [1.165, 1.54) is 32.4 Å². The van der Waals surface area contributed by atoms with Gasteiger partial charge < -0.3 is 14.8 Å². The minimum Gasteiger partial charge on any atom is -0.494 e. The van der Waals surface area contributed by atoms with E-state index in [4.69, 9.17) is 17.0 Å². The summed E-state index contributed by atoms with van der Waals surface area (Å²) >= 11 is 4.96. The van der Waals surface area contributed by atoms with Gasteiger partial charge in [0.15, 0.2) is 5.11 Å². The Hall–Kier alpha value is -2.46. The fraction of sp³-hybridized carbons (Fsp3) is 0.273. The standard InChI is InChI=1S/C11H14N4O5S/c1-19-6-10(16)13-14-11(21)12-8-4-3-7(15(17)18)5-9(8)20-2/h3-5H,6H2,1-2H3,(H,13,16)(H2,12,14,21). The Morgan fingerprint density at radius 3 is 2.67 bits per heavy atom. The van der Waals surface area contributed by atoms with Gasteiger partial charge in [-0.2, -0.15) is 0 Å². The molecule has 0 fully saturated rings. The van der Waals surface area contributed by atoms with Gasteiger partial charge in [0, 0.05) is 13.2 Å². The molecule has 0 radical (unpaired) electrons. The lowest BCUT2D eigenvalue weighted by molar-refractivity contribution is -0.384. The number of amides is 1. The number of hydrogen-bond donors (Lipinski definition) is 3. The van der Waals surface area contributed by atoms with E-state index in [1.54, 1.807) is 0 Å². The second-order valence-corrected chi connectivity index (χ2v) is 4.11. The van der Waals surface area contributed by atoms with Crippen molar-refractivity contribution in [2.24, 2.45) is 0 Å². The van der Waals surface area contributed by atoms with Crippen LogP contribution in [-0.2, 0) is 9.53 Å². The molecule has 1 aromatic carbocycles. The van der Waals surface area contributed by atoms with Gasteiger partial charge in [-0.3, -0.25) is 25.8 Å².